The molecule has 1 aromatic carbocycles. The first-order chi connectivity index (χ1) is 9.19. The Morgan fingerprint density at radius 1 is 1.32 bits per heavy atom. The van der Waals surface area contributed by atoms with E-state index in [-0.39, 0.29) is 18.0 Å². The second kappa shape index (κ2) is 6.38. The van der Waals surface area contributed by atoms with Crippen LogP contribution in [0.1, 0.15) is 51.6 Å². The number of rotatable bonds is 5. The molecule has 2 rings (SSSR count). The molecule has 2 atom stereocenters. The molecule has 1 N–H and O–H groups in total. The summed E-state index contributed by atoms with van der Waals surface area (Å²) in [5, 5.41) is 3.45. The van der Waals surface area contributed by atoms with Crippen molar-refractivity contribution in [1.82, 2.24) is 5.32 Å². The monoisotopic (exact) mass is 265 g/mol. The van der Waals surface area contributed by atoms with E-state index in [0.717, 1.165) is 37.1 Å². The second-order valence-electron chi connectivity index (χ2n) is 5.26. The molecule has 0 saturated heterocycles. The van der Waals surface area contributed by atoms with Gasteiger partial charge in [-0.25, -0.2) is 4.39 Å². The van der Waals surface area contributed by atoms with Gasteiger partial charge < -0.3 is 10.1 Å². The van der Waals surface area contributed by atoms with Crippen LogP contribution in [0.5, 0.6) is 5.75 Å². The highest BCUT2D eigenvalue weighted by molar-refractivity contribution is 5.38. The van der Waals surface area contributed by atoms with Crippen molar-refractivity contribution >= 4 is 0 Å². The Kier molecular flexibility index (Phi) is 4.81. The van der Waals surface area contributed by atoms with Gasteiger partial charge in [0.05, 0.1) is 0 Å². The molecule has 3 heteroatoms. The molecule has 0 radical (unpaired) electrons. The summed E-state index contributed by atoms with van der Waals surface area (Å²) >= 11 is 0. The zero-order valence-corrected chi connectivity index (χ0v) is 12.1. The molecule has 19 heavy (non-hydrogen) atoms. The molecule has 0 amide bonds. The van der Waals surface area contributed by atoms with E-state index in [4.69, 9.17) is 4.74 Å². The molecule has 1 aromatic rings. The first-order valence-electron chi connectivity index (χ1n) is 7.39. The first-order valence-corrected chi connectivity index (χ1v) is 7.39. The molecule has 106 valence electrons. The van der Waals surface area contributed by atoms with Crippen LogP contribution < -0.4 is 10.1 Å². The van der Waals surface area contributed by atoms with Gasteiger partial charge in [0.15, 0.2) is 0 Å². The van der Waals surface area contributed by atoms with E-state index in [9.17, 15) is 4.39 Å². The first kappa shape index (κ1) is 14.3. The minimum atomic E-state index is -0.189. The number of hydrogen-bond donors (Lipinski definition) is 1. The van der Waals surface area contributed by atoms with Crippen LogP contribution in [0.25, 0.3) is 0 Å². The van der Waals surface area contributed by atoms with Crippen molar-refractivity contribution in [2.45, 2.75) is 52.2 Å². The zero-order chi connectivity index (χ0) is 13.8. The van der Waals surface area contributed by atoms with E-state index < -0.39 is 0 Å². The van der Waals surface area contributed by atoms with E-state index >= 15 is 0 Å². The third-order valence-corrected chi connectivity index (χ3v) is 4.12. The van der Waals surface area contributed by atoms with Crippen LogP contribution in [0.15, 0.2) is 18.2 Å². The molecule has 1 aliphatic heterocycles. The topological polar surface area (TPSA) is 21.3 Å². The van der Waals surface area contributed by atoms with Crippen LogP contribution in [-0.4, -0.2) is 12.6 Å². The fourth-order valence-corrected chi connectivity index (χ4v) is 3.01. The standard InChI is InChI=1S/C16H24FNO/c1-4-11(5-2)16-10-14(18-6-3)13-9-12(17)7-8-15(13)19-16/h7-9,11,14,16,18H,4-6,10H2,1-3H3. The highest BCUT2D eigenvalue weighted by Gasteiger charge is 2.31. The second-order valence-corrected chi connectivity index (χ2v) is 5.26. The van der Waals surface area contributed by atoms with E-state index in [2.05, 4.69) is 26.1 Å². The lowest BCUT2D eigenvalue weighted by atomic mass is 9.87. The van der Waals surface area contributed by atoms with Crippen LogP contribution >= 0.6 is 0 Å². The van der Waals surface area contributed by atoms with Gasteiger partial charge in [-0.15, -0.1) is 0 Å². The highest BCUT2D eigenvalue weighted by atomic mass is 19.1. The van der Waals surface area contributed by atoms with E-state index in [0.29, 0.717) is 5.92 Å². The average Bonchev–Trinajstić information content (AvgIpc) is 2.41. The quantitative estimate of drug-likeness (QED) is 0.866. The van der Waals surface area contributed by atoms with Gasteiger partial charge in [-0.05, 0) is 43.5 Å². The molecular formula is C16H24FNO. The van der Waals surface area contributed by atoms with Crippen molar-refractivity contribution in [1.29, 1.82) is 0 Å². The predicted octanol–water partition coefficient (Wildman–Crippen LogP) is 4.06. The van der Waals surface area contributed by atoms with Crippen molar-refractivity contribution in [2.75, 3.05) is 6.54 Å². The van der Waals surface area contributed by atoms with Crippen LogP contribution in [0, 0.1) is 11.7 Å². The van der Waals surface area contributed by atoms with E-state index in [1.54, 1.807) is 12.1 Å². The Morgan fingerprint density at radius 3 is 2.68 bits per heavy atom. The summed E-state index contributed by atoms with van der Waals surface area (Å²) in [5.74, 6) is 1.22. The molecule has 0 saturated carbocycles. The maximum absolute atomic E-state index is 13.4. The van der Waals surface area contributed by atoms with Crippen molar-refractivity contribution < 1.29 is 9.13 Å². The van der Waals surface area contributed by atoms with E-state index in [1.165, 1.54) is 6.07 Å². The molecule has 1 aliphatic rings. The van der Waals surface area contributed by atoms with Gasteiger partial charge in [-0.1, -0.05) is 20.8 Å². The van der Waals surface area contributed by atoms with Gasteiger partial charge in [0.25, 0.3) is 0 Å². The molecule has 2 unspecified atom stereocenters. The van der Waals surface area contributed by atoms with Crippen molar-refractivity contribution in [3.63, 3.8) is 0 Å². The van der Waals surface area contributed by atoms with Crippen LogP contribution in [0.2, 0.25) is 0 Å². The Hall–Kier alpha value is -1.09. The smallest absolute Gasteiger partial charge is 0.124 e. The fourth-order valence-electron chi connectivity index (χ4n) is 3.01. The van der Waals surface area contributed by atoms with Crippen LogP contribution in [-0.2, 0) is 0 Å². The van der Waals surface area contributed by atoms with E-state index in [1.807, 2.05) is 0 Å². The third kappa shape index (κ3) is 3.08. The summed E-state index contributed by atoms with van der Waals surface area (Å²) in [7, 11) is 0. The van der Waals surface area contributed by atoms with Gasteiger partial charge in [0, 0.05) is 18.0 Å². The average molecular weight is 265 g/mol. The number of ether oxygens (including phenoxy) is 1. The molecule has 1 heterocycles. The molecule has 0 fully saturated rings. The minimum Gasteiger partial charge on any atom is -0.490 e. The summed E-state index contributed by atoms with van der Waals surface area (Å²) in [5.41, 5.74) is 0.962. The van der Waals surface area contributed by atoms with Crippen molar-refractivity contribution in [3.05, 3.63) is 29.6 Å². The summed E-state index contributed by atoms with van der Waals surface area (Å²) in [6.07, 6.45) is 3.40. The molecule has 0 bridgehead atoms. The van der Waals surface area contributed by atoms with Gasteiger partial charge >= 0.3 is 0 Å². The molecule has 0 aliphatic carbocycles. The van der Waals surface area contributed by atoms with Gasteiger partial charge in [-0.2, -0.15) is 0 Å². The Bertz CT molecular complexity index is 417. The largest absolute Gasteiger partial charge is 0.490 e. The molecule has 2 nitrogen and oxygen atoms in total. The summed E-state index contributed by atoms with van der Waals surface area (Å²) in [6, 6.07) is 5.06. The fraction of sp³-hybridized carbons (Fsp3) is 0.625. The lowest BCUT2D eigenvalue weighted by Crippen LogP contribution is -2.37. The lowest BCUT2D eigenvalue weighted by Gasteiger charge is -2.36. The number of nitrogens with one attached hydrogen (secondary N) is 1. The Morgan fingerprint density at radius 2 is 2.05 bits per heavy atom. The zero-order valence-electron chi connectivity index (χ0n) is 12.1. The van der Waals surface area contributed by atoms with Crippen molar-refractivity contribution in [2.24, 2.45) is 5.92 Å². The minimum absolute atomic E-state index is 0.189. The summed E-state index contributed by atoms with van der Waals surface area (Å²) < 4.78 is 19.5. The Balaban J connectivity index is 2.27. The van der Waals surface area contributed by atoms with Gasteiger partial charge in [0.2, 0.25) is 0 Å². The predicted molar refractivity (Wildman–Crippen MR) is 75.9 cm³/mol. The normalized spacial score (nSPS) is 22.2. The third-order valence-electron chi connectivity index (χ3n) is 4.12. The van der Waals surface area contributed by atoms with Crippen LogP contribution in [0.4, 0.5) is 4.39 Å². The molecule has 0 spiro atoms. The SMILES string of the molecule is CCNC1CC(C(CC)CC)Oc2ccc(F)cc21. The maximum atomic E-state index is 13.4. The number of hydrogen-bond acceptors (Lipinski definition) is 2. The lowest BCUT2D eigenvalue weighted by molar-refractivity contribution is 0.0880. The molecular weight excluding hydrogens is 241 g/mol. The number of benzene rings is 1. The Labute approximate surface area is 115 Å². The number of halogens is 1. The van der Waals surface area contributed by atoms with Crippen LogP contribution in [0.3, 0.4) is 0 Å². The summed E-state index contributed by atoms with van der Waals surface area (Å²) in [6.45, 7) is 7.39. The summed E-state index contributed by atoms with van der Waals surface area (Å²) in [4.78, 5) is 0. The van der Waals surface area contributed by atoms with Crippen molar-refractivity contribution in [3.8, 4) is 5.75 Å². The van der Waals surface area contributed by atoms with Gasteiger partial charge in [0.1, 0.15) is 17.7 Å². The maximum Gasteiger partial charge on any atom is 0.124 e. The molecule has 0 aromatic heterocycles. The number of fused-ring (bicyclic) bond motifs is 1. The van der Waals surface area contributed by atoms with Gasteiger partial charge in [-0.3, -0.25) is 0 Å². The highest BCUT2D eigenvalue weighted by Crippen LogP contribution is 2.38.